The van der Waals surface area contributed by atoms with Gasteiger partial charge in [0.2, 0.25) is 0 Å². The Morgan fingerprint density at radius 2 is 1.46 bits per heavy atom. The van der Waals surface area contributed by atoms with Crippen molar-refractivity contribution >= 4 is 13.3 Å². The third kappa shape index (κ3) is 4.41. The molecule has 0 saturated heterocycles. The second kappa shape index (κ2) is 8.03. The van der Waals surface area contributed by atoms with Gasteiger partial charge in [0.25, 0.3) is 0 Å². The maximum atomic E-state index is 9.80. The number of benzene rings is 3. The number of nitriles is 1. The maximum Gasteiger partial charge on any atom is 0.127 e. The molecular weight excluding hydrogens is 334 g/mol. The van der Waals surface area contributed by atoms with Gasteiger partial charge >= 0.3 is 0 Å². The standard InChI is InChI=1S/C23H23NOSi/c1-26(2,23-14-7-4-8-15-23)18-20(17-24)19-10-9-13-22(16-19)25-21-11-5-3-6-12-21/h3-16,20H,18H2,1-2H3. The van der Waals surface area contributed by atoms with Crippen molar-refractivity contribution in [2.24, 2.45) is 0 Å². The van der Waals surface area contributed by atoms with E-state index in [0.29, 0.717) is 0 Å². The molecule has 0 radical (unpaired) electrons. The molecule has 0 bridgehead atoms. The molecule has 0 aliphatic rings. The number of hydrogen-bond acceptors (Lipinski definition) is 2. The van der Waals surface area contributed by atoms with Gasteiger partial charge in [0.1, 0.15) is 11.5 Å². The van der Waals surface area contributed by atoms with Crippen molar-refractivity contribution in [3.8, 4) is 17.6 Å². The van der Waals surface area contributed by atoms with Crippen LogP contribution in [0.2, 0.25) is 19.1 Å². The van der Waals surface area contributed by atoms with Crippen LogP contribution >= 0.6 is 0 Å². The summed E-state index contributed by atoms with van der Waals surface area (Å²) in [6.45, 7) is 4.66. The SMILES string of the molecule is C[Si](C)(CC(C#N)c1cccc(Oc2ccccc2)c1)c1ccccc1. The number of rotatable bonds is 6. The summed E-state index contributed by atoms with van der Waals surface area (Å²) >= 11 is 0. The van der Waals surface area contributed by atoms with E-state index in [9.17, 15) is 5.26 Å². The zero-order valence-electron chi connectivity index (χ0n) is 15.2. The first kappa shape index (κ1) is 18.0. The lowest BCUT2D eigenvalue weighted by molar-refractivity contribution is 0.482. The minimum atomic E-state index is -1.70. The van der Waals surface area contributed by atoms with Gasteiger partial charge in [0.15, 0.2) is 0 Å². The Balaban J connectivity index is 1.80. The van der Waals surface area contributed by atoms with Gasteiger partial charge in [-0.2, -0.15) is 5.26 Å². The summed E-state index contributed by atoms with van der Waals surface area (Å²) in [5.41, 5.74) is 1.03. The van der Waals surface area contributed by atoms with Crippen molar-refractivity contribution in [2.75, 3.05) is 0 Å². The summed E-state index contributed by atoms with van der Waals surface area (Å²) in [6, 6.07) is 31.6. The normalized spacial score (nSPS) is 12.2. The van der Waals surface area contributed by atoms with Crippen LogP contribution in [-0.2, 0) is 0 Å². The Labute approximate surface area is 156 Å². The lowest BCUT2D eigenvalue weighted by atomic mass is 10.0. The monoisotopic (exact) mass is 357 g/mol. The van der Waals surface area contributed by atoms with Gasteiger partial charge < -0.3 is 4.74 Å². The van der Waals surface area contributed by atoms with Crippen molar-refractivity contribution in [1.29, 1.82) is 5.26 Å². The van der Waals surface area contributed by atoms with Crippen LogP contribution in [0.4, 0.5) is 0 Å². The van der Waals surface area contributed by atoms with Crippen LogP contribution in [0.15, 0.2) is 84.9 Å². The molecule has 3 rings (SSSR count). The Kier molecular flexibility index (Phi) is 5.55. The topological polar surface area (TPSA) is 33.0 Å². The molecule has 1 unspecified atom stereocenters. The minimum absolute atomic E-state index is 0.129. The van der Waals surface area contributed by atoms with E-state index in [4.69, 9.17) is 4.74 Å². The Bertz CT molecular complexity index is 885. The number of hydrogen-bond donors (Lipinski definition) is 0. The molecule has 0 heterocycles. The van der Waals surface area contributed by atoms with E-state index in [1.165, 1.54) is 5.19 Å². The van der Waals surface area contributed by atoms with E-state index in [2.05, 4.69) is 43.4 Å². The van der Waals surface area contributed by atoms with E-state index < -0.39 is 8.07 Å². The number of nitrogens with zero attached hydrogens (tertiary/aromatic N) is 1. The molecular formula is C23H23NOSi. The molecule has 0 aliphatic carbocycles. The first-order valence-corrected chi connectivity index (χ1v) is 12.1. The van der Waals surface area contributed by atoms with E-state index in [-0.39, 0.29) is 5.92 Å². The van der Waals surface area contributed by atoms with Crippen LogP contribution in [-0.4, -0.2) is 8.07 Å². The van der Waals surface area contributed by atoms with Crippen LogP contribution in [0.5, 0.6) is 11.5 Å². The van der Waals surface area contributed by atoms with Gasteiger partial charge in [0.05, 0.1) is 20.1 Å². The van der Waals surface area contributed by atoms with Crippen LogP contribution < -0.4 is 9.92 Å². The molecule has 1 atom stereocenters. The zero-order valence-corrected chi connectivity index (χ0v) is 16.2. The number of ether oxygens (including phenoxy) is 1. The highest BCUT2D eigenvalue weighted by atomic mass is 28.3. The molecule has 3 aromatic carbocycles. The third-order valence-electron chi connectivity index (χ3n) is 4.66. The molecule has 0 fully saturated rings. The Hall–Kier alpha value is -2.83. The van der Waals surface area contributed by atoms with E-state index >= 15 is 0 Å². The Morgan fingerprint density at radius 3 is 2.12 bits per heavy atom. The van der Waals surface area contributed by atoms with E-state index in [1.54, 1.807) is 0 Å². The first-order chi connectivity index (χ1) is 12.6. The van der Waals surface area contributed by atoms with Crippen molar-refractivity contribution in [1.82, 2.24) is 0 Å². The highest BCUT2D eigenvalue weighted by molar-refractivity contribution is 6.89. The van der Waals surface area contributed by atoms with Crippen molar-refractivity contribution < 1.29 is 4.74 Å². The van der Waals surface area contributed by atoms with Gasteiger partial charge in [-0.3, -0.25) is 0 Å². The Morgan fingerprint density at radius 1 is 0.846 bits per heavy atom. The van der Waals surface area contributed by atoms with Crippen LogP contribution in [0.3, 0.4) is 0 Å². The first-order valence-electron chi connectivity index (χ1n) is 8.86. The van der Waals surface area contributed by atoms with Gasteiger partial charge in [-0.15, -0.1) is 0 Å². The quantitative estimate of drug-likeness (QED) is 0.530. The summed E-state index contributed by atoms with van der Waals surface area (Å²) in [7, 11) is -1.70. The van der Waals surface area contributed by atoms with Crippen LogP contribution in [0, 0.1) is 11.3 Å². The second-order valence-corrected chi connectivity index (χ2v) is 11.9. The maximum absolute atomic E-state index is 9.80. The lowest BCUT2D eigenvalue weighted by Crippen LogP contribution is -2.42. The van der Waals surface area contributed by atoms with Gasteiger partial charge in [-0.1, -0.05) is 78.9 Å². The zero-order chi connectivity index (χ0) is 18.4. The fraction of sp³-hybridized carbons (Fsp3) is 0.174. The fourth-order valence-corrected chi connectivity index (χ4v) is 5.85. The molecule has 3 heteroatoms. The summed E-state index contributed by atoms with van der Waals surface area (Å²) < 4.78 is 5.93. The number of para-hydroxylation sites is 1. The average molecular weight is 358 g/mol. The highest BCUT2D eigenvalue weighted by Crippen LogP contribution is 2.30. The molecule has 0 N–H and O–H groups in total. The molecule has 0 amide bonds. The molecule has 0 aromatic heterocycles. The van der Waals surface area contributed by atoms with Gasteiger partial charge in [-0.05, 0) is 35.9 Å². The van der Waals surface area contributed by atoms with Crippen LogP contribution in [0.25, 0.3) is 0 Å². The summed E-state index contributed by atoms with van der Waals surface area (Å²) in [4.78, 5) is 0. The molecule has 0 saturated carbocycles. The minimum Gasteiger partial charge on any atom is -0.457 e. The molecule has 2 nitrogen and oxygen atoms in total. The average Bonchev–Trinajstić information content (AvgIpc) is 2.68. The van der Waals surface area contributed by atoms with E-state index in [0.717, 1.165) is 23.1 Å². The van der Waals surface area contributed by atoms with Crippen molar-refractivity contribution in [3.63, 3.8) is 0 Å². The van der Waals surface area contributed by atoms with Crippen molar-refractivity contribution in [2.45, 2.75) is 25.1 Å². The van der Waals surface area contributed by atoms with Gasteiger partial charge in [-0.25, -0.2) is 0 Å². The second-order valence-electron chi connectivity index (χ2n) is 7.12. The molecule has 26 heavy (non-hydrogen) atoms. The highest BCUT2D eigenvalue weighted by Gasteiger charge is 2.28. The van der Waals surface area contributed by atoms with Gasteiger partial charge in [0, 0.05) is 0 Å². The largest absolute Gasteiger partial charge is 0.457 e. The summed E-state index contributed by atoms with van der Waals surface area (Å²) in [5, 5.41) is 11.2. The molecule has 0 aliphatic heterocycles. The molecule has 130 valence electrons. The van der Waals surface area contributed by atoms with Crippen molar-refractivity contribution in [3.05, 3.63) is 90.5 Å². The van der Waals surface area contributed by atoms with Crippen LogP contribution in [0.1, 0.15) is 11.5 Å². The fourth-order valence-electron chi connectivity index (χ4n) is 3.17. The lowest BCUT2D eigenvalue weighted by Gasteiger charge is -2.25. The molecule has 3 aromatic rings. The third-order valence-corrected chi connectivity index (χ3v) is 7.99. The predicted octanol–water partition coefficient (Wildman–Crippen LogP) is 5.70. The summed E-state index contributed by atoms with van der Waals surface area (Å²) in [6.07, 6.45) is 0. The smallest absolute Gasteiger partial charge is 0.127 e. The molecule has 0 spiro atoms. The summed E-state index contributed by atoms with van der Waals surface area (Å²) in [5.74, 6) is 1.45. The predicted molar refractivity (Wildman–Crippen MR) is 110 cm³/mol. The van der Waals surface area contributed by atoms with E-state index in [1.807, 2.05) is 60.7 Å².